The predicted molar refractivity (Wildman–Crippen MR) is 106 cm³/mol. The summed E-state index contributed by atoms with van der Waals surface area (Å²) >= 11 is 0. The maximum Gasteiger partial charge on any atom is 0.262 e. The number of carbonyl (C=O) groups is 1. The van der Waals surface area contributed by atoms with E-state index in [9.17, 15) is 10.1 Å². The van der Waals surface area contributed by atoms with E-state index in [1.807, 2.05) is 92.7 Å². The average Bonchev–Trinajstić information content (AvgIpc) is 2.66. The van der Waals surface area contributed by atoms with Crippen molar-refractivity contribution < 1.29 is 4.79 Å². The molecule has 1 atom stereocenters. The largest absolute Gasteiger partial charge is 0.378 e. The monoisotopic (exact) mass is 345 g/mol. The lowest BCUT2D eigenvalue weighted by atomic mass is 10.1. The normalized spacial score (nSPS) is 12.5. The van der Waals surface area contributed by atoms with Gasteiger partial charge in [0.1, 0.15) is 11.6 Å². The molecule has 0 unspecified atom stereocenters. The van der Waals surface area contributed by atoms with Gasteiger partial charge in [0.05, 0.1) is 6.04 Å². The van der Waals surface area contributed by atoms with Crippen molar-refractivity contribution in [2.75, 3.05) is 19.0 Å². The highest BCUT2D eigenvalue weighted by molar-refractivity contribution is 5.97. The number of amides is 1. The first kappa shape index (κ1) is 19.0. The molecule has 0 aliphatic rings. The van der Waals surface area contributed by atoms with Crippen LogP contribution in [0, 0.1) is 11.3 Å². The zero-order valence-corrected chi connectivity index (χ0v) is 15.3. The molecule has 2 aromatic carbocycles. The minimum Gasteiger partial charge on any atom is -0.378 e. The van der Waals surface area contributed by atoms with Gasteiger partial charge < -0.3 is 10.2 Å². The van der Waals surface area contributed by atoms with Crippen molar-refractivity contribution in [3.63, 3.8) is 0 Å². The van der Waals surface area contributed by atoms with Gasteiger partial charge in [0.25, 0.3) is 5.91 Å². The topological polar surface area (TPSA) is 56.1 Å². The highest BCUT2D eigenvalue weighted by Gasteiger charge is 2.12. The van der Waals surface area contributed by atoms with E-state index < -0.39 is 0 Å². The number of anilines is 1. The van der Waals surface area contributed by atoms with Crippen LogP contribution in [0.3, 0.4) is 0 Å². The standard InChI is InChI=1S/C22H23N3O/c1-17(19-9-5-4-6-10-19)24-22(26)20(16-23)11-7-8-18-12-14-21(15-13-18)25(2)3/h4-15,17H,1-3H3,(H,24,26)/b8-7+,20-11-/t17-/m0/s1. The summed E-state index contributed by atoms with van der Waals surface area (Å²) in [7, 11) is 3.98. The second-order valence-corrected chi connectivity index (χ2v) is 6.14. The van der Waals surface area contributed by atoms with Crippen LogP contribution in [0.5, 0.6) is 0 Å². The van der Waals surface area contributed by atoms with Gasteiger partial charge in [-0.15, -0.1) is 0 Å². The second-order valence-electron chi connectivity index (χ2n) is 6.14. The van der Waals surface area contributed by atoms with E-state index in [-0.39, 0.29) is 17.5 Å². The van der Waals surface area contributed by atoms with Gasteiger partial charge >= 0.3 is 0 Å². The summed E-state index contributed by atoms with van der Waals surface area (Å²) in [5.74, 6) is -0.378. The molecule has 0 aliphatic carbocycles. The number of rotatable bonds is 6. The van der Waals surface area contributed by atoms with Gasteiger partial charge in [0.15, 0.2) is 0 Å². The van der Waals surface area contributed by atoms with E-state index in [2.05, 4.69) is 5.32 Å². The molecular weight excluding hydrogens is 322 g/mol. The lowest BCUT2D eigenvalue weighted by molar-refractivity contribution is -0.117. The quantitative estimate of drug-likeness (QED) is 0.487. The third-order valence-corrected chi connectivity index (χ3v) is 3.97. The Morgan fingerprint density at radius 2 is 1.77 bits per heavy atom. The Morgan fingerprint density at radius 3 is 2.35 bits per heavy atom. The highest BCUT2D eigenvalue weighted by atomic mass is 16.1. The number of hydrogen-bond acceptors (Lipinski definition) is 3. The third-order valence-electron chi connectivity index (χ3n) is 3.97. The summed E-state index contributed by atoms with van der Waals surface area (Å²) in [6, 6.07) is 19.5. The fourth-order valence-electron chi connectivity index (χ4n) is 2.40. The van der Waals surface area contributed by atoms with Crippen molar-refractivity contribution in [1.82, 2.24) is 5.32 Å². The average molecular weight is 345 g/mol. The number of benzene rings is 2. The van der Waals surface area contributed by atoms with E-state index in [0.29, 0.717) is 0 Å². The molecule has 0 aromatic heterocycles. The van der Waals surface area contributed by atoms with Crippen LogP contribution < -0.4 is 10.2 Å². The molecule has 0 bridgehead atoms. The fraction of sp³-hybridized carbons (Fsp3) is 0.182. The highest BCUT2D eigenvalue weighted by Crippen LogP contribution is 2.14. The molecule has 0 fully saturated rings. The van der Waals surface area contributed by atoms with Crippen molar-refractivity contribution in [3.05, 3.63) is 83.4 Å². The molecule has 4 nitrogen and oxygen atoms in total. The van der Waals surface area contributed by atoms with Gasteiger partial charge in [-0.3, -0.25) is 4.79 Å². The Morgan fingerprint density at radius 1 is 1.12 bits per heavy atom. The predicted octanol–water partition coefficient (Wildman–Crippen LogP) is 4.09. The van der Waals surface area contributed by atoms with E-state index in [4.69, 9.17) is 0 Å². The summed E-state index contributed by atoms with van der Waals surface area (Å²) < 4.78 is 0. The van der Waals surface area contributed by atoms with Crippen LogP contribution in [0.1, 0.15) is 24.1 Å². The van der Waals surface area contributed by atoms with Crippen LogP contribution in [0.15, 0.2) is 72.3 Å². The van der Waals surface area contributed by atoms with Gasteiger partial charge in [-0.2, -0.15) is 5.26 Å². The van der Waals surface area contributed by atoms with Crippen molar-refractivity contribution >= 4 is 17.7 Å². The molecule has 0 saturated carbocycles. The van der Waals surface area contributed by atoms with Crippen LogP contribution in [-0.4, -0.2) is 20.0 Å². The third kappa shape index (κ3) is 5.35. The minimum absolute atomic E-state index is 0.0777. The molecule has 0 heterocycles. The molecule has 0 aliphatic heterocycles. The lowest BCUT2D eigenvalue weighted by Crippen LogP contribution is -2.27. The van der Waals surface area contributed by atoms with Gasteiger partial charge in [-0.25, -0.2) is 0 Å². The van der Waals surface area contributed by atoms with E-state index in [1.54, 1.807) is 6.08 Å². The van der Waals surface area contributed by atoms with Crippen LogP contribution >= 0.6 is 0 Å². The Labute approximate surface area is 155 Å². The first-order valence-corrected chi connectivity index (χ1v) is 8.43. The van der Waals surface area contributed by atoms with Crippen molar-refractivity contribution in [2.45, 2.75) is 13.0 Å². The van der Waals surface area contributed by atoms with Crippen LogP contribution in [0.2, 0.25) is 0 Å². The zero-order valence-electron chi connectivity index (χ0n) is 15.3. The molecule has 2 aromatic rings. The number of nitrogens with zero attached hydrogens (tertiary/aromatic N) is 2. The summed E-state index contributed by atoms with van der Waals surface area (Å²) in [5, 5.41) is 12.1. The van der Waals surface area contributed by atoms with E-state index in [1.165, 1.54) is 6.08 Å². The van der Waals surface area contributed by atoms with Crippen LogP contribution in [0.4, 0.5) is 5.69 Å². The number of carbonyl (C=O) groups excluding carboxylic acids is 1. The Balaban J connectivity index is 2.02. The molecule has 26 heavy (non-hydrogen) atoms. The molecule has 0 spiro atoms. The van der Waals surface area contributed by atoms with Crippen molar-refractivity contribution in [3.8, 4) is 6.07 Å². The number of nitrogens with one attached hydrogen (secondary N) is 1. The van der Waals surface area contributed by atoms with Gasteiger partial charge in [-0.1, -0.05) is 54.6 Å². The first-order valence-electron chi connectivity index (χ1n) is 8.43. The molecular formula is C22H23N3O. The van der Waals surface area contributed by atoms with Crippen molar-refractivity contribution in [2.24, 2.45) is 0 Å². The molecule has 0 radical (unpaired) electrons. The molecule has 132 valence electrons. The van der Waals surface area contributed by atoms with E-state index >= 15 is 0 Å². The first-order chi connectivity index (χ1) is 12.5. The Hall–Kier alpha value is -3.32. The maximum absolute atomic E-state index is 12.3. The molecule has 4 heteroatoms. The zero-order chi connectivity index (χ0) is 18.9. The number of allylic oxidation sites excluding steroid dienone is 2. The Kier molecular flexibility index (Phi) is 6.75. The Bertz CT molecular complexity index is 828. The van der Waals surface area contributed by atoms with Crippen LogP contribution in [-0.2, 0) is 4.79 Å². The summed E-state index contributed by atoms with van der Waals surface area (Å²) in [5.41, 5.74) is 3.19. The minimum atomic E-state index is -0.378. The molecule has 2 rings (SSSR count). The van der Waals surface area contributed by atoms with E-state index in [0.717, 1.165) is 16.8 Å². The summed E-state index contributed by atoms with van der Waals surface area (Å²) in [6.07, 6.45) is 5.12. The molecule has 0 saturated heterocycles. The van der Waals surface area contributed by atoms with Gasteiger partial charge in [0, 0.05) is 19.8 Å². The van der Waals surface area contributed by atoms with Gasteiger partial charge in [-0.05, 0) is 36.3 Å². The van der Waals surface area contributed by atoms with Crippen molar-refractivity contribution in [1.29, 1.82) is 5.26 Å². The lowest BCUT2D eigenvalue weighted by Gasteiger charge is -2.13. The summed E-state index contributed by atoms with van der Waals surface area (Å²) in [6.45, 7) is 1.89. The number of nitriles is 1. The molecule has 1 amide bonds. The molecule has 1 N–H and O–H groups in total. The van der Waals surface area contributed by atoms with Crippen LogP contribution in [0.25, 0.3) is 6.08 Å². The smallest absolute Gasteiger partial charge is 0.262 e. The summed E-state index contributed by atoms with van der Waals surface area (Å²) in [4.78, 5) is 14.3. The SMILES string of the molecule is C[C@H](NC(=O)/C(C#N)=C\C=C\c1ccc(N(C)C)cc1)c1ccccc1. The second kappa shape index (κ2) is 9.24. The number of hydrogen-bond donors (Lipinski definition) is 1. The fourth-order valence-corrected chi connectivity index (χ4v) is 2.40. The van der Waals surface area contributed by atoms with Gasteiger partial charge in [0.2, 0.25) is 0 Å². The maximum atomic E-state index is 12.3.